The van der Waals surface area contributed by atoms with E-state index in [4.69, 9.17) is 9.72 Å². The van der Waals surface area contributed by atoms with Gasteiger partial charge in [0.05, 0.1) is 24.4 Å². The van der Waals surface area contributed by atoms with E-state index in [9.17, 15) is 9.18 Å². The van der Waals surface area contributed by atoms with Crippen LogP contribution in [0.5, 0.6) is 5.75 Å². The van der Waals surface area contributed by atoms with Gasteiger partial charge >= 0.3 is 0 Å². The van der Waals surface area contributed by atoms with Crippen molar-refractivity contribution < 1.29 is 13.9 Å². The van der Waals surface area contributed by atoms with Gasteiger partial charge in [0.15, 0.2) is 0 Å². The molecule has 5 rings (SSSR count). The van der Waals surface area contributed by atoms with Crippen molar-refractivity contribution in [3.63, 3.8) is 0 Å². The third kappa shape index (κ3) is 6.26. The Labute approximate surface area is 223 Å². The number of methoxy groups -OCH3 is 1. The van der Waals surface area contributed by atoms with Gasteiger partial charge in [0.1, 0.15) is 11.6 Å². The van der Waals surface area contributed by atoms with Crippen LogP contribution in [-0.2, 0) is 4.79 Å². The first-order valence-corrected chi connectivity index (χ1v) is 13.0. The number of rotatable bonds is 8. The molecule has 4 aromatic rings. The van der Waals surface area contributed by atoms with Gasteiger partial charge < -0.3 is 10.1 Å². The molecule has 1 amide bonds. The monoisotopic (exact) mass is 509 g/mol. The van der Waals surface area contributed by atoms with Gasteiger partial charge in [-0.3, -0.25) is 14.7 Å². The van der Waals surface area contributed by atoms with Crippen LogP contribution in [-0.4, -0.2) is 42.5 Å². The largest absolute Gasteiger partial charge is 0.497 e. The molecule has 0 spiro atoms. The summed E-state index contributed by atoms with van der Waals surface area (Å²) in [4.78, 5) is 20.6. The Morgan fingerprint density at radius 3 is 2.50 bits per heavy atom. The zero-order valence-corrected chi connectivity index (χ0v) is 21.5. The van der Waals surface area contributed by atoms with E-state index in [0.29, 0.717) is 0 Å². The van der Waals surface area contributed by atoms with Crippen LogP contribution < -0.4 is 10.1 Å². The standard InChI is InChI=1S/C32H32FN3O2/c1-38-28-15-8-23(9-16-28)5-4-20-36-21-18-26(19-22-36)32(37)35-31(25-10-13-27(33)14-11-25)30-17-12-24-6-2-3-7-29(24)34-30/h2-17,26,31H,18-22H2,1H3,(H,35,37)/b5-4+. The number of piperidine rings is 1. The van der Waals surface area contributed by atoms with Crippen molar-refractivity contribution in [2.75, 3.05) is 26.7 Å². The minimum atomic E-state index is -0.446. The Balaban J connectivity index is 1.22. The summed E-state index contributed by atoms with van der Waals surface area (Å²) >= 11 is 0. The number of carbonyl (C=O) groups excluding carboxylic acids is 1. The Hall–Kier alpha value is -4.03. The predicted octanol–water partition coefficient (Wildman–Crippen LogP) is 6.01. The number of para-hydroxylation sites is 1. The lowest BCUT2D eigenvalue weighted by Gasteiger charge is -2.31. The molecular weight excluding hydrogens is 477 g/mol. The number of aromatic nitrogens is 1. The van der Waals surface area contributed by atoms with Crippen LogP contribution in [0.1, 0.15) is 35.7 Å². The van der Waals surface area contributed by atoms with Gasteiger partial charge in [0.2, 0.25) is 5.91 Å². The number of ether oxygens (including phenoxy) is 1. The second kappa shape index (κ2) is 12.0. The third-order valence-corrected chi connectivity index (χ3v) is 7.15. The van der Waals surface area contributed by atoms with Gasteiger partial charge in [0.25, 0.3) is 0 Å². The molecule has 3 aromatic carbocycles. The van der Waals surface area contributed by atoms with E-state index in [-0.39, 0.29) is 17.6 Å². The number of carbonyl (C=O) groups is 1. The van der Waals surface area contributed by atoms with Crippen molar-refractivity contribution in [1.29, 1.82) is 0 Å². The smallest absolute Gasteiger partial charge is 0.224 e. The molecule has 194 valence electrons. The number of nitrogens with zero attached hydrogens (tertiary/aromatic N) is 2. The summed E-state index contributed by atoms with van der Waals surface area (Å²) in [6.45, 7) is 2.57. The van der Waals surface area contributed by atoms with E-state index in [2.05, 4.69) is 22.4 Å². The van der Waals surface area contributed by atoms with Gasteiger partial charge in [-0.25, -0.2) is 4.39 Å². The zero-order valence-electron chi connectivity index (χ0n) is 21.5. The van der Waals surface area contributed by atoms with Gasteiger partial charge in [-0.05, 0) is 73.5 Å². The number of halogens is 1. The molecule has 0 aliphatic carbocycles. The average molecular weight is 510 g/mol. The van der Waals surface area contributed by atoms with Crippen molar-refractivity contribution in [2.45, 2.75) is 18.9 Å². The first kappa shape index (κ1) is 25.6. The van der Waals surface area contributed by atoms with Gasteiger partial charge in [0, 0.05) is 17.8 Å². The molecule has 1 aromatic heterocycles. The van der Waals surface area contributed by atoms with E-state index in [1.54, 1.807) is 19.2 Å². The summed E-state index contributed by atoms with van der Waals surface area (Å²) in [5.74, 6) is 0.488. The Bertz CT molecular complexity index is 1390. The molecule has 0 saturated carbocycles. The van der Waals surface area contributed by atoms with Crippen molar-refractivity contribution in [2.24, 2.45) is 5.92 Å². The molecule has 38 heavy (non-hydrogen) atoms. The summed E-state index contributed by atoms with van der Waals surface area (Å²) in [5.41, 5.74) is 3.55. The lowest BCUT2D eigenvalue weighted by Crippen LogP contribution is -2.42. The summed E-state index contributed by atoms with van der Waals surface area (Å²) in [7, 11) is 1.66. The first-order chi connectivity index (χ1) is 18.6. The second-order valence-electron chi connectivity index (χ2n) is 9.67. The third-order valence-electron chi connectivity index (χ3n) is 7.15. The van der Waals surface area contributed by atoms with Gasteiger partial charge in [-0.1, -0.05) is 60.7 Å². The highest BCUT2D eigenvalue weighted by Gasteiger charge is 2.27. The summed E-state index contributed by atoms with van der Waals surface area (Å²) < 4.78 is 18.9. The summed E-state index contributed by atoms with van der Waals surface area (Å²) in [6, 6.07) is 25.7. The fourth-order valence-corrected chi connectivity index (χ4v) is 4.92. The second-order valence-corrected chi connectivity index (χ2v) is 9.67. The quantitative estimate of drug-likeness (QED) is 0.316. The minimum Gasteiger partial charge on any atom is -0.497 e. The number of likely N-dealkylation sites (tertiary alicyclic amines) is 1. The number of hydrogen-bond acceptors (Lipinski definition) is 4. The van der Waals surface area contributed by atoms with Crippen molar-refractivity contribution in [3.8, 4) is 5.75 Å². The number of nitrogens with one attached hydrogen (secondary N) is 1. The molecule has 1 N–H and O–H groups in total. The van der Waals surface area contributed by atoms with E-state index < -0.39 is 6.04 Å². The van der Waals surface area contributed by atoms with Crippen LogP contribution in [0.15, 0.2) is 91.0 Å². The molecule has 5 nitrogen and oxygen atoms in total. The minimum absolute atomic E-state index is 0.0164. The van der Waals surface area contributed by atoms with Gasteiger partial charge in [-0.15, -0.1) is 0 Å². The highest BCUT2D eigenvalue weighted by molar-refractivity contribution is 5.81. The average Bonchev–Trinajstić information content (AvgIpc) is 2.97. The lowest BCUT2D eigenvalue weighted by molar-refractivity contribution is -0.126. The maximum atomic E-state index is 13.6. The van der Waals surface area contributed by atoms with Crippen LogP contribution in [0.2, 0.25) is 0 Å². The molecule has 1 unspecified atom stereocenters. The van der Waals surface area contributed by atoms with Crippen molar-refractivity contribution in [1.82, 2.24) is 15.2 Å². The Kier molecular flexibility index (Phi) is 8.09. The van der Waals surface area contributed by atoms with E-state index in [0.717, 1.165) is 65.9 Å². The fraction of sp³-hybridized carbons (Fsp3) is 0.250. The van der Waals surface area contributed by atoms with Crippen molar-refractivity contribution in [3.05, 3.63) is 114 Å². The topological polar surface area (TPSA) is 54.5 Å². The molecule has 0 bridgehead atoms. The highest BCUT2D eigenvalue weighted by Crippen LogP contribution is 2.26. The molecule has 1 fully saturated rings. The maximum absolute atomic E-state index is 13.6. The van der Waals surface area contributed by atoms with Crippen LogP contribution in [0.25, 0.3) is 17.0 Å². The van der Waals surface area contributed by atoms with Crippen molar-refractivity contribution >= 4 is 22.9 Å². The molecule has 1 atom stereocenters. The molecule has 2 heterocycles. The molecule has 1 aliphatic rings. The Morgan fingerprint density at radius 2 is 1.76 bits per heavy atom. The number of amides is 1. The summed E-state index contributed by atoms with van der Waals surface area (Å²) in [6.07, 6.45) is 5.87. The first-order valence-electron chi connectivity index (χ1n) is 13.0. The zero-order chi connectivity index (χ0) is 26.3. The van der Waals surface area contributed by atoms with E-state index >= 15 is 0 Å². The molecule has 1 saturated heterocycles. The number of hydrogen-bond donors (Lipinski definition) is 1. The Morgan fingerprint density at radius 1 is 1.03 bits per heavy atom. The van der Waals surface area contributed by atoms with Crippen LogP contribution >= 0.6 is 0 Å². The molecule has 6 heteroatoms. The van der Waals surface area contributed by atoms with Crippen LogP contribution in [0, 0.1) is 11.7 Å². The van der Waals surface area contributed by atoms with Gasteiger partial charge in [-0.2, -0.15) is 0 Å². The molecular formula is C32H32FN3O2. The molecule has 1 aliphatic heterocycles. The number of fused-ring (bicyclic) bond motifs is 1. The SMILES string of the molecule is COc1ccc(/C=C/CN2CCC(C(=O)NC(c3ccc(F)cc3)c3ccc4ccccc4n3)CC2)cc1. The van der Waals surface area contributed by atoms with E-state index in [1.165, 1.54) is 12.1 Å². The summed E-state index contributed by atoms with van der Waals surface area (Å²) in [5, 5.41) is 4.26. The normalized spacial score (nSPS) is 15.5. The fourth-order valence-electron chi connectivity index (χ4n) is 4.92. The number of pyridine rings is 1. The van der Waals surface area contributed by atoms with Crippen LogP contribution in [0.3, 0.4) is 0 Å². The highest BCUT2D eigenvalue weighted by atomic mass is 19.1. The lowest BCUT2D eigenvalue weighted by atomic mass is 9.94. The van der Waals surface area contributed by atoms with Crippen LogP contribution in [0.4, 0.5) is 4.39 Å². The molecule has 0 radical (unpaired) electrons. The van der Waals surface area contributed by atoms with E-state index in [1.807, 2.05) is 60.7 Å². The predicted molar refractivity (Wildman–Crippen MR) is 149 cm³/mol. The number of benzene rings is 3. The maximum Gasteiger partial charge on any atom is 0.224 e.